The van der Waals surface area contributed by atoms with Crippen molar-refractivity contribution >= 4 is 44.1 Å². The number of aryl methyl sites for hydroxylation is 1. The molecule has 1 heterocycles. The first kappa shape index (κ1) is 10.1. The first-order valence-corrected chi connectivity index (χ1v) is 6.19. The fourth-order valence-electron chi connectivity index (χ4n) is 1.34. The minimum Gasteiger partial charge on any atom is -0.302 e. The molecule has 2 aromatic rings. The molecule has 0 fully saturated rings. The molecule has 14 heavy (non-hydrogen) atoms. The minimum atomic E-state index is -1.90. The number of benzene rings is 1. The standard InChI is InChI=1S/C9H7ClO2S2/c1-5-7-4-6(10)2-3-8(7)13-9(5)14(11)12/h2-4H,1H3,(H,11,12). The van der Waals surface area contributed by atoms with Gasteiger partial charge in [-0.25, -0.2) is 4.21 Å². The predicted octanol–water partition coefficient (Wildman–Crippen LogP) is 3.44. The van der Waals surface area contributed by atoms with Crippen LogP contribution >= 0.6 is 22.9 Å². The molecular weight excluding hydrogens is 240 g/mol. The topological polar surface area (TPSA) is 37.3 Å². The Morgan fingerprint density at radius 2 is 2.21 bits per heavy atom. The average molecular weight is 247 g/mol. The fraction of sp³-hybridized carbons (Fsp3) is 0.111. The summed E-state index contributed by atoms with van der Waals surface area (Å²) in [6.45, 7) is 1.83. The zero-order chi connectivity index (χ0) is 10.3. The van der Waals surface area contributed by atoms with Gasteiger partial charge in [0.2, 0.25) is 0 Å². The molecule has 0 aliphatic rings. The van der Waals surface area contributed by atoms with Gasteiger partial charge in [0.05, 0.1) is 0 Å². The van der Waals surface area contributed by atoms with E-state index in [-0.39, 0.29) is 0 Å². The number of halogens is 1. The first-order valence-electron chi connectivity index (χ1n) is 3.89. The zero-order valence-corrected chi connectivity index (χ0v) is 9.67. The molecule has 0 radical (unpaired) electrons. The summed E-state index contributed by atoms with van der Waals surface area (Å²) in [5, 5.41) is 1.61. The van der Waals surface area contributed by atoms with Crippen LogP contribution in [0.1, 0.15) is 5.56 Å². The van der Waals surface area contributed by atoms with Gasteiger partial charge in [-0.05, 0) is 36.1 Å². The van der Waals surface area contributed by atoms with Crippen LogP contribution in [0.2, 0.25) is 5.02 Å². The predicted molar refractivity (Wildman–Crippen MR) is 60.6 cm³/mol. The molecule has 74 valence electrons. The smallest absolute Gasteiger partial charge is 0.197 e. The molecule has 0 aliphatic heterocycles. The van der Waals surface area contributed by atoms with Crippen LogP contribution in [0.4, 0.5) is 0 Å². The molecule has 1 unspecified atom stereocenters. The Morgan fingerprint density at radius 1 is 1.50 bits per heavy atom. The highest BCUT2D eigenvalue weighted by molar-refractivity contribution is 7.82. The van der Waals surface area contributed by atoms with Gasteiger partial charge in [-0.2, -0.15) is 0 Å². The molecule has 1 aromatic carbocycles. The molecule has 0 saturated heterocycles. The second-order valence-electron chi connectivity index (χ2n) is 2.90. The van der Waals surface area contributed by atoms with Crippen LogP contribution in [0.15, 0.2) is 22.4 Å². The molecular formula is C9H7ClO2S2. The van der Waals surface area contributed by atoms with E-state index < -0.39 is 11.1 Å². The highest BCUT2D eigenvalue weighted by Crippen LogP contribution is 2.34. The van der Waals surface area contributed by atoms with Crippen molar-refractivity contribution in [1.82, 2.24) is 0 Å². The van der Waals surface area contributed by atoms with Crippen LogP contribution < -0.4 is 0 Å². The van der Waals surface area contributed by atoms with Crippen molar-refractivity contribution in [3.05, 3.63) is 28.8 Å². The number of thiophene rings is 1. The average Bonchev–Trinajstić information content (AvgIpc) is 2.44. The van der Waals surface area contributed by atoms with E-state index >= 15 is 0 Å². The monoisotopic (exact) mass is 246 g/mol. The lowest BCUT2D eigenvalue weighted by Crippen LogP contribution is -1.85. The fourth-order valence-corrected chi connectivity index (χ4v) is 3.36. The highest BCUT2D eigenvalue weighted by atomic mass is 35.5. The summed E-state index contributed by atoms with van der Waals surface area (Å²) in [6, 6.07) is 5.47. The summed E-state index contributed by atoms with van der Waals surface area (Å²) in [5.41, 5.74) is 0.841. The third kappa shape index (κ3) is 1.59. The summed E-state index contributed by atoms with van der Waals surface area (Å²) in [5.74, 6) is 0. The Kier molecular flexibility index (Phi) is 2.62. The van der Waals surface area contributed by atoms with E-state index in [9.17, 15) is 4.21 Å². The molecule has 0 aliphatic carbocycles. The van der Waals surface area contributed by atoms with E-state index in [0.29, 0.717) is 9.23 Å². The third-order valence-electron chi connectivity index (χ3n) is 2.01. The van der Waals surface area contributed by atoms with Crippen molar-refractivity contribution in [2.45, 2.75) is 11.1 Å². The van der Waals surface area contributed by atoms with Gasteiger partial charge in [0.25, 0.3) is 0 Å². The van der Waals surface area contributed by atoms with Gasteiger partial charge in [-0.15, -0.1) is 11.3 Å². The van der Waals surface area contributed by atoms with Gasteiger partial charge >= 0.3 is 0 Å². The van der Waals surface area contributed by atoms with Gasteiger partial charge in [0.1, 0.15) is 4.21 Å². The third-order valence-corrected chi connectivity index (χ3v) is 4.62. The van der Waals surface area contributed by atoms with Crippen molar-refractivity contribution in [2.24, 2.45) is 0 Å². The number of fused-ring (bicyclic) bond motifs is 1. The van der Waals surface area contributed by atoms with E-state index in [1.54, 1.807) is 6.07 Å². The largest absolute Gasteiger partial charge is 0.302 e. The number of hydrogen-bond acceptors (Lipinski definition) is 2. The van der Waals surface area contributed by atoms with Crippen LogP contribution in [0.3, 0.4) is 0 Å². The van der Waals surface area contributed by atoms with Gasteiger partial charge in [-0.3, -0.25) is 0 Å². The van der Waals surface area contributed by atoms with Gasteiger partial charge in [0, 0.05) is 9.72 Å². The molecule has 5 heteroatoms. The molecule has 0 spiro atoms. The SMILES string of the molecule is Cc1c(S(=O)O)sc2ccc(Cl)cc12. The van der Waals surface area contributed by atoms with Crippen LogP contribution in [-0.4, -0.2) is 8.76 Å². The van der Waals surface area contributed by atoms with E-state index in [1.165, 1.54) is 11.3 Å². The van der Waals surface area contributed by atoms with Crippen molar-refractivity contribution in [1.29, 1.82) is 0 Å². The van der Waals surface area contributed by atoms with Crippen LogP contribution in [-0.2, 0) is 11.1 Å². The molecule has 0 saturated carbocycles. The van der Waals surface area contributed by atoms with E-state index in [2.05, 4.69) is 0 Å². The summed E-state index contributed by atoms with van der Waals surface area (Å²) < 4.78 is 21.5. The lowest BCUT2D eigenvalue weighted by atomic mass is 10.2. The van der Waals surface area contributed by atoms with E-state index in [0.717, 1.165) is 15.6 Å². The maximum absolute atomic E-state index is 11.0. The molecule has 1 aromatic heterocycles. The van der Waals surface area contributed by atoms with Crippen molar-refractivity contribution in [3.8, 4) is 0 Å². The Morgan fingerprint density at radius 3 is 2.86 bits per heavy atom. The lowest BCUT2D eigenvalue weighted by Gasteiger charge is -1.92. The Balaban J connectivity index is 2.80. The number of rotatable bonds is 1. The molecule has 2 rings (SSSR count). The van der Waals surface area contributed by atoms with Crippen molar-refractivity contribution in [3.63, 3.8) is 0 Å². The normalized spacial score (nSPS) is 13.4. The number of hydrogen-bond donors (Lipinski definition) is 1. The Bertz CT molecular complexity index is 519. The second kappa shape index (κ2) is 3.62. The van der Waals surface area contributed by atoms with Crippen LogP contribution in [0.5, 0.6) is 0 Å². The Labute approximate surface area is 92.8 Å². The first-order chi connectivity index (χ1) is 6.59. The van der Waals surface area contributed by atoms with Crippen molar-refractivity contribution < 1.29 is 8.76 Å². The quantitative estimate of drug-likeness (QED) is 0.783. The van der Waals surface area contributed by atoms with E-state index in [4.69, 9.17) is 16.2 Å². The molecule has 2 nitrogen and oxygen atoms in total. The summed E-state index contributed by atoms with van der Waals surface area (Å²) >= 11 is 5.27. The van der Waals surface area contributed by atoms with Gasteiger partial charge in [-0.1, -0.05) is 11.6 Å². The molecule has 0 bridgehead atoms. The molecule has 1 N–H and O–H groups in total. The molecule has 1 atom stereocenters. The van der Waals surface area contributed by atoms with Crippen LogP contribution in [0, 0.1) is 6.92 Å². The molecule has 0 amide bonds. The van der Waals surface area contributed by atoms with Crippen LogP contribution in [0.25, 0.3) is 10.1 Å². The van der Waals surface area contributed by atoms with E-state index in [1.807, 2.05) is 19.1 Å². The summed E-state index contributed by atoms with van der Waals surface area (Å²) in [6.07, 6.45) is 0. The van der Waals surface area contributed by atoms with Gasteiger partial charge < -0.3 is 4.55 Å². The van der Waals surface area contributed by atoms with Gasteiger partial charge in [0.15, 0.2) is 11.1 Å². The lowest BCUT2D eigenvalue weighted by molar-refractivity contribution is 0.566. The maximum Gasteiger partial charge on any atom is 0.197 e. The minimum absolute atomic E-state index is 0.502. The zero-order valence-electron chi connectivity index (χ0n) is 7.28. The highest BCUT2D eigenvalue weighted by Gasteiger charge is 2.12. The Hall–Kier alpha value is -0.420. The summed E-state index contributed by atoms with van der Waals surface area (Å²) in [4.78, 5) is 0. The van der Waals surface area contributed by atoms with Crippen molar-refractivity contribution in [2.75, 3.05) is 0 Å². The second-order valence-corrected chi connectivity index (χ2v) is 5.56. The summed E-state index contributed by atoms with van der Waals surface area (Å²) in [7, 11) is 0. The maximum atomic E-state index is 11.0.